The molecule has 0 radical (unpaired) electrons. The van der Waals surface area contributed by atoms with Gasteiger partial charge in [-0.15, -0.1) is 0 Å². The molecule has 0 aromatic rings. The lowest BCUT2D eigenvalue weighted by Gasteiger charge is -2.52. The molecule has 4 aliphatic rings. The average Bonchev–Trinajstić information content (AvgIpc) is 2.60. The summed E-state index contributed by atoms with van der Waals surface area (Å²) in [7, 11) is 4.40. The molecule has 6 atom stereocenters. The standard InChI is InChI=1S/C21H38N2O2/c1-21(2,17-5-7-19-15(9-17)11-22(3)13-24-19)18-6-8-20-16(10-18)12-23(4)14-25-20/h15-20H,5-14H2,1-4H3. The molecule has 0 aromatic heterocycles. The summed E-state index contributed by atoms with van der Waals surface area (Å²) < 4.78 is 12.2. The third-order valence-corrected chi connectivity index (χ3v) is 8.04. The van der Waals surface area contributed by atoms with Crippen LogP contribution >= 0.6 is 0 Å². The van der Waals surface area contributed by atoms with Crippen LogP contribution in [-0.2, 0) is 9.47 Å². The third-order valence-electron chi connectivity index (χ3n) is 8.04. The van der Waals surface area contributed by atoms with Crippen molar-refractivity contribution in [3.63, 3.8) is 0 Å². The zero-order chi connectivity index (χ0) is 17.6. The monoisotopic (exact) mass is 350 g/mol. The Bertz CT molecular complexity index is 429. The van der Waals surface area contributed by atoms with Crippen LogP contribution in [0.4, 0.5) is 0 Å². The van der Waals surface area contributed by atoms with Gasteiger partial charge in [0.05, 0.1) is 25.7 Å². The first-order chi connectivity index (χ1) is 11.9. The molecule has 0 amide bonds. The summed E-state index contributed by atoms with van der Waals surface area (Å²) in [5.74, 6) is 3.20. The van der Waals surface area contributed by atoms with Gasteiger partial charge in [0, 0.05) is 13.1 Å². The first-order valence-corrected chi connectivity index (χ1v) is 10.5. The minimum Gasteiger partial charge on any atom is -0.363 e. The Balaban J connectivity index is 1.40. The van der Waals surface area contributed by atoms with Crippen LogP contribution in [0.25, 0.3) is 0 Å². The molecule has 2 saturated carbocycles. The molecular weight excluding hydrogens is 312 g/mol. The normalized spacial score (nSPS) is 44.2. The molecule has 2 heterocycles. The summed E-state index contributed by atoms with van der Waals surface area (Å²) >= 11 is 0. The van der Waals surface area contributed by atoms with E-state index in [-0.39, 0.29) is 0 Å². The summed E-state index contributed by atoms with van der Waals surface area (Å²) in [6, 6.07) is 0. The van der Waals surface area contributed by atoms with Crippen molar-refractivity contribution in [3.8, 4) is 0 Å². The van der Waals surface area contributed by atoms with Crippen LogP contribution in [0.15, 0.2) is 0 Å². The highest BCUT2D eigenvalue weighted by molar-refractivity contribution is 4.96. The first kappa shape index (κ1) is 18.2. The van der Waals surface area contributed by atoms with Crippen molar-refractivity contribution in [1.29, 1.82) is 0 Å². The average molecular weight is 351 g/mol. The number of ether oxygens (including phenoxy) is 2. The number of nitrogens with zero attached hydrogens (tertiary/aromatic N) is 2. The van der Waals surface area contributed by atoms with Crippen LogP contribution in [0.1, 0.15) is 52.4 Å². The Kier molecular flexibility index (Phi) is 5.18. The quantitative estimate of drug-likeness (QED) is 0.762. The molecule has 0 N–H and O–H groups in total. The molecule has 25 heavy (non-hydrogen) atoms. The Labute approximate surface area is 154 Å². The Morgan fingerprint density at radius 2 is 1.16 bits per heavy atom. The van der Waals surface area contributed by atoms with Gasteiger partial charge in [0.1, 0.15) is 0 Å². The highest BCUT2D eigenvalue weighted by Gasteiger charge is 2.46. The lowest BCUT2D eigenvalue weighted by molar-refractivity contribution is -0.142. The maximum atomic E-state index is 6.09. The third kappa shape index (κ3) is 3.65. The predicted molar refractivity (Wildman–Crippen MR) is 100 cm³/mol. The minimum absolute atomic E-state index is 0.446. The van der Waals surface area contributed by atoms with Gasteiger partial charge < -0.3 is 9.47 Å². The molecule has 4 rings (SSSR count). The van der Waals surface area contributed by atoms with Crippen LogP contribution in [0.2, 0.25) is 0 Å². The highest BCUT2D eigenvalue weighted by Crippen LogP contribution is 2.51. The van der Waals surface area contributed by atoms with Gasteiger partial charge in [-0.1, -0.05) is 13.8 Å². The molecule has 2 aliphatic heterocycles. The SMILES string of the molecule is CN1COC2CCC(C(C)(C)C3CCC4OCN(C)CC4C3)CC2C1. The van der Waals surface area contributed by atoms with Crippen LogP contribution < -0.4 is 0 Å². The maximum absolute atomic E-state index is 6.09. The Hall–Kier alpha value is -0.160. The van der Waals surface area contributed by atoms with E-state index >= 15 is 0 Å². The zero-order valence-electron chi connectivity index (χ0n) is 16.7. The van der Waals surface area contributed by atoms with Gasteiger partial charge in [-0.3, -0.25) is 9.80 Å². The number of rotatable bonds is 2. The summed E-state index contributed by atoms with van der Waals surface area (Å²) in [6.07, 6.45) is 9.05. The lowest BCUT2D eigenvalue weighted by atomic mass is 9.57. The van der Waals surface area contributed by atoms with E-state index in [0.29, 0.717) is 17.6 Å². The molecule has 2 saturated heterocycles. The molecule has 4 fully saturated rings. The van der Waals surface area contributed by atoms with Crippen LogP contribution in [0, 0.1) is 29.1 Å². The molecule has 4 heteroatoms. The van der Waals surface area contributed by atoms with Crippen LogP contribution in [0.5, 0.6) is 0 Å². The van der Waals surface area contributed by atoms with Crippen molar-refractivity contribution in [2.45, 2.75) is 64.6 Å². The second-order valence-electron chi connectivity index (χ2n) is 10.1. The van der Waals surface area contributed by atoms with Crippen molar-refractivity contribution >= 4 is 0 Å². The second kappa shape index (κ2) is 7.10. The van der Waals surface area contributed by atoms with E-state index in [0.717, 1.165) is 37.1 Å². The van der Waals surface area contributed by atoms with Gasteiger partial charge in [-0.05, 0) is 81.7 Å². The largest absolute Gasteiger partial charge is 0.363 e. The van der Waals surface area contributed by atoms with E-state index in [1.54, 1.807) is 0 Å². The molecule has 0 aromatic carbocycles. The van der Waals surface area contributed by atoms with Gasteiger partial charge in [-0.2, -0.15) is 0 Å². The van der Waals surface area contributed by atoms with Gasteiger partial charge in [0.25, 0.3) is 0 Å². The summed E-state index contributed by atoms with van der Waals surface area (Å²) in [5, 5.41) is 0. The van der Waals surface area contributed by atoms with Gasteiger partial charge in [-0.25, -0.2) is 0 Å². The Morgan fingerprint density at radius 3 is 1.60 bits per heavy atom. The first-order valence-electron chi connectivity index (χ1n) is 10.5. The van der Waals surface area contributed by atoms with E-state index in [1.807, 2.05) is 0 Å². The number of fused-ring (bicyclic) bond motifs is 2. The van der Waals surface area contributed by atoms with Gasteiger partial charge in [0.15, 0.2) is 0 Å². The van der Waals surface area contributed by atoms with Crippen molar-refractivity contribution in [1.82, 2.24) is 9.80 Å². The predicted octanol–water partition coefficient (Wildman–Crippen LogP) is 3.42. The summed E-state index contributed by atoms with van der Waals surface area (Å²) in [6.45, 7) is 9.26. The van der Waals surface area contributed by atoms with E-state index in [9.17, 15) is 0 Å². The fourth-order valence-corrected chi connectivity index (χ4v) is 6.33. The van der Waals surface area contributed by atoms with E-state index in [1.165, 1.54) is 51.6 Å². The van der Waals surface area contributed by atoms with E-state index in [2.05, 4.69) is 37.7 Å². The van der Waals surface area contributed by atoms with Gasteiger partial charge in [0.2, 0.25) is 0 Å². The Morgan fingerprint density at radius 1 is 0.720 bits per heavy atom. The topological polar surface area (TPSA) is 24.9 Å². The molecule has 144 valence electrons. The summed E-state index contributed by atoms with van der Waals surface area (Å²) in [4.78, 5) is 4.72. The molecule has 0 spiro atoms. The van der Waals surface area contributed by atoms with Crippen molar-refractivity contribution in [2.75, 3.05) is 40.6 Å². The molecule has 4 nitrogen and oxygen atoms in total. The maximum Gasteiger partial charge on any atom is 0.0991 e. The van der Waals surface area contributed by atoms with Crippen molar-refractivity contribution < 1.29 is 9.47 Å². The zero-order valence-corrected chi connectivity index (χ0v) is 16.7. The number of hydrogen-bond acceptors (Lipinski definition) is 4. The van der Waals surface area contributed by atoms with Crippen LogP contribution in [0.3, 0.4) is 0 Å². The minimum atomic E-state index is 0.446. The van der Waals surface area contributed by atoms with Gasteiger partial charge >= 0.3 is 0 Å². The van der Waals surface area contributed by atoms with Crippen LogP contribution in [-0.4, -0.2) is 62.7 Å². The molecule has 0 bridgehead atoms. The van der Waals surface area contributed by atoms with E-state index < -0.39 is 0 Å². The fraction of sp³-hybridized carbons (Fsp3) is 1.00. The highest BCUT2D eigenvalue weighted by atomic mass is 16.5. The summed E-state index contributed by atoms with van der Waals surface area (Å²) in [5.41, 5.74) is 0.446. The number of hydrogen-bond donors (Lipinski definition) is 0. The van der Waals surface area contributed by atoms with E-state index in [4.69, 9.17) is 9.47 Å². The fourth-order valence-electron chi connectivity index (χ4n) is 6.33. The lowest BCUT2D eigenvalue weighted by Crippen LogP contribution is -2.51. The van der Waals surface area contributed by atoms with Crippen molar-refractivity contribution in [3.05, 3.63) is 0 Å². The molecule has 6 unspecified atom stereocenters. The second-order valence-corrected chi connectivity index (χ2v) is 10.1. The smallest absolute Gasteiger partial charge is 0.0991 e. The molecular formula is C21H38N2O2. The molecule has 2 aliphatic carbocycles. The van der Waals surface area contributed by atoms with Crippen molar-refractivity contribution in [2.24, 2.45) is 29.1 Å².